The summed E-state index contributed by atoms with van der Waals surface area (Å²) in [7, 11) is 1.64. The first-order valence-corrected chi connectivity index (χ1v) is 7.10. The number of imidazole rings is 1. The minimum Gasteiger partial charge on any atom is -0.497 e. The van der Waals surface area contributed by atoms with Gasteiger partial charge < -0.3 is 15.0 Å². The smallest absolute Gasteiger partial charge is 0.224 e. The lowest BCUT2D eigenvalue weighted by atomic mass is 10.1. The molecule has 5 heteroatoms. The van der Waals surface area contributed by atoms with Crippen molar-refractivity contribution in [1.82, 2.24) is 9.97 Å². The number of rotatable bonds is 5. The van der Waals surface area contributed by atoms with Crippen molar-refractivity contribution >= 4 is 22.6 Å². The van der Waals surface area contributed by atoms with Crippen molar-refractivity contribution in [2.24, 2.45) is 0 Å². The predicted molar refractivity (Wildman–Crippen MR) is 86.0 cm³/mol. The quantitative estimate of drug-likeness (QED) is 0.760. The number of methoxy groups -OCH3 is 1. The van der Waals surface area contributed by atoms with Crippen molar-refractivity contribution in [2.45, 2.75) is 12.8 Å². The second-order valence-corrected chi connectivity index (χ2v) is 5.03. The van der Waals surface area contributed by atoms with Crippen molar-refractivity contribution in [3.63, 3.8) is 0 Å². The summed E-state index contributed by atoms with van der Waals surface area (Å²) >= 11 is 0. The molecular formula is C17H17N3O2. The van der Waals surface area contributed by atoms with Crippen LogP contribution in [0.1, 0.15) is 12.0 Å². The molecule has 0 unspecified atom stereocenters. The predicted octanol–water partition coefficient (Wildman–Crippen LogP) is 3.14. The van der Waals surface area contributed by atoms with Crippen LogP contribution in [-0.4, -0.2) is 23.0 Å². The maximum absolute atomic E-state index is 12.0. The van der Waals surface area contributed by atoms with Crippen LogP contribution in [-0.2, 0) is 11.2 Å². The van der Waals surface area contributed by atoms with E-state index in [9.17, 15) is 4.79 Å². The summed E-state index contributed by atoms with van der Waals surface area (Å²) in [5.74, 6) is 0.816. The fourth-order valence-electron chi connectivity index (χ4n) is 2.29. The van der Waals surface area contributed by atoms with Crippen LogP contribution in [0.15, 0.2) is 48.8 Å². The number of amides is 1. The van der Waals surface area contributed by atoms with E-state index in [2.05, 4.69) is 15.3 Å². The van der Waals surface area contributed by atoms with Gasteiger partial charge in [-0.05, 0) is 42.3 Å². The second kappa shape index (κ2) is 6.30. The van der Waals surface area contributed by atoms with Gasteiger partial charge in [-0.3, -0.25) is 4.79 Å². The fraction of sp³-hybridized carbons (Fsp3) is 0.176. The molecule has 2 aromatic carbocycles. The van der Waals surface area contributed by atoms with Crippen molar-refractivity contribution < 1.29 is 9.53 Å². The summed E-state index contributed by atoms with van der Waals surface area (Å²) in [6, 6.07) is 13.4. The van der Waals surface area contributed by atoms with Gasteiger partial charge in [-0.1, -0.05) is 12.1 Å². The van der Waals surface area contributed by atoms with Crippen molar-refractivity contribution in [2.75, 3.05) is 12.4 Å². The largest absolute Gasteiger partial charge is 0.497 e. The molecule has 0 spiro atoms. The molecule has 0 aliphatic heterocycles. The van der Waals surface area contributed by atoms with E-state index in [-0.39, 0.29) is 5.91 Å². The Labute approximate surface area is 128 Å². The third kappa shape index (κ3) is 3.25. The van der Waals surface area contributed by atoms with Gasteiger partial charge in [0.25, 0.3) is 0 Å². The molecular weight excluding hydrogens is 278 g/mol. The van der Waals surface area contributed by atoms with Crippen LogP contribution < -0.4 is 10.1 Å². The Morgan fingerprint density at radius 2 is 2.05 bits per heavy atom. The van der Waals surface area contributed by atoms with E-state index in [0.29, 0.717) is 12.8 Å². The number of benzene rings is 2. The second-order valence-electron chi connectivity index (χ2n) is 5.03. The van der Waals surface area contributed by atoms with Crippen molar-refractivity contribution in [3.05, 3.63) is 54.4 Å². The summed E-state index contributed by atoms with van der Waals surface area (Å²) in [4.78, 5) is 19.2. The molecule has 1 amide bonds. The number of fused-ring (bicyclic) bond motifs is 1. The number of H-pyrrole nitrogens is 1. The minimum atomic E-state index is -0.00492. The third-order valence-electron chi connectivity index (χ3n) is 3.50. The summed E-state index contributed by atoms with van der Waals surface area (Å²) in [5, 5.41) is 2.91. The molecule has 22 heavy (non-hydrogen) atoms. The Balaban J connectivity index is 1.57. The van der Waals surface area contributed by atoms with E-state index < -0.39 is 0 Å². The lowest BCUT2D eigenvalue weighted by Crippen LogP contribution is -2.12. The fourth-order valence-corrected chi connectivity index (χ4v) is 2.29. The first-order chi connectivity index (χ1) is 10.7. The monoisotopic (exact) mass is 295 g/mol. The van der Waals surface area contributed by atoms with E-state index >= 15 is 0 Å². The number of carbonyl (C=O) groups is 1. The molecule has 0 atom stereocenters. The lowest BCUT2D eigenvalue weighted by Gasteiger charge is -2.06. The normalized spacial score (nSPS) is 10.6. The highest BCUT2D eigenvalue weighted by atomic mass is 16.5. The molecule has 3 rings (SSSR count). The maximum atomic E-state index is 12.0. The van der Waals surface area contributed by atoms with Crippen LogP contribution in [0.5, 0.6) is 5.75 Å². The Hall–Kier alpha value is -2.82. The highest BCUT2D eigenvalue weighted by molar-refractivity contribution is 5.93. The Kier molecular flexibility index (Phi) is 4.05. The highest BCUT2D eigenvalue weighted by Gasteiger charge is 2.05. The molecule has 112 valence electrons. The average Bonchev–Trinajstić information content (AvgIpc) is 3.01. The van der Waals surface area contributed by atoms with Crippen LogP contribution in [0.25, 0.3) is 11.0 Å². The van der Waals surface area contributed by atoms with Gasteiger partial charge in [0.2, 0.25) is 5.91 Å². The molecule has 5 nitrogen and oxygen atoms in total. The number of hydrogen-bond acceptors (Lipinski definition) is 3. The van der Waals surface area contributed by atoms with Crippen LogP contribution in [0.3, 0.4) is 0 Å². The molecule has 0 radical (unpaired) electrons. The van der Waals surface area contributed by atoms with Crippen molar-refractivity contribution in [1.29, 1.82) is 0 Å². The number of nitrogens with zero attached hydrogens (tertiary/aromatic N) is 1. The van der Waals surface area contributed by atoms with E-state index in [4.69, 9.17) is 4.74 Å². The number of nitrogens with one attached hydrogen (secondary N) is 2. The minimum absolute atomic E-state index is 0.00492. The van der Waals surface area contributed by atoms with Gasteiger partial charge in [-0.2, -0.15) is 0 Å². The molecule has 0 saturated heterocycles. The Bertz CT molecular complexity index is 778. The van der Waals surface area contributed by atoms with E-state index in [1.807, 2.05) is 42.5 Å². The molecule has 1 aromatic heterocycles. The van der Waals surface area contributed by atoms with Gasteiger partial charge in [0.05, 0.1) is 24.5 Å². The average molecular weight is 295 g/mol. The number of aromatic amines is 1. The molecule has 1 heterocycles. The standard InChI is InChI=1S/C17H17N3O2/c1-22-14-6-2-12(3-7-14)4-9-17(21)20-13-5-8-15-16(10-13)19-11-18-15/h2-3,5-8,10-11H,4,9H2,1H3,(H,18,19)(H,20,21). The van der Waals surface area contributed by atoms with Crippen LogP contribution in [0.4, 0.5) is 5.69 Å². The number of aromatic nitrogens is 2. The molecule has 0 aliphatic carbocycles. The van der Waals surface area contributed by atoms with E-state index in [1.54, 1.807) is 13.4 Å². The zero-order chi connectivity index (χ0) is 15.4. The molecule has 0 bridgehead atoms. The third-order valence-corrected chi connectivity index (χ3v) is 3.50. The maximum Gasteiger partial charge on any atom is 0.224 e. The number of anilines is 1. The Morgan fingerprint density at radius 3 is 2.82 bits per heavy atom. The van der Waals surface area contributed by atoms with Crippen molar-refractivity contribution in [3.8, 4) is 5.75 Å². The highest BCUT2D eigenvalue weighted by Crippen LogP contribution is 2.16. The van der Waals surface area contributed by atoms with Gasteiger partial charge in [0, 0.05) is 12.1 Å². The molecule has 2 N–H and O–H groups in total. The number of aryl methyl sites for hydroxylation is 1. The number of ether oxygens (including phenoxy) is 1. The summed E-state index contributed by atoms with van der Waals surface area (Å²) in [5.41, 5.74) is 3.68. The summed E-state index contributed by atoms with van der Waals surface area (Å²) in [6.07, 6.45) is 2.77. The van der Waals surface area contributed by atoms with E-state index in [1.165, 1.54) is 0 Å². The summed E-state index contributed by atoms with van der Waals surface area (Å²) in [6.45, 7) is 0. The molecule has 0 fully saturated rings. The van der Waals surface area contributed by atoms with Gasteiger partial charge in [-0.15, -0.1) is 0 Å². The van der Waals surface area contributed by atoms with Gasteiger partial charge in [-0.25, -0.2) is 4.98 Å². The van der Waals surface area contributed by atoms with Crippen LogP contribution in [0.2, 0.25) is 0 Å². The van der Waals surface area contributed by atoms with E-state index in [0.717, 1.165) is 28.0 Å². The zero-order valence-electron chi connectivity index (χ0n) is 12.3. The number of hydrogen-bond donors (Lipinski definition) is 2. The SMILES string of the molecule is COc1ccc(CCC(=O)Nc2ccc3nc[nH]c3c2)cc1. The first-order valence-electron chi connectivity index (χ1n) is 7.10. The first kappa shape index (κ1) is 14.1. The van der Waals surface area contributed by atoms with Gasteiger partial charge in [0.1, 0.15) is 5.75 Å². The molecule has 3 aromatic rings. The lowest BCUT2D eigenvalue weighted by molar-refractivity contribution is -0.116. The topological polar surface area (TPSA) is 67.0 Å². The molecule has 0 saturated carbocycles. The van der Waals surface area contributed by atoms with Crippen LogP contribution >= 0.6 is 0 Å². The number of carbonyl (C=O) groups excluding carboxylic acids is 1. The summed E-state index contributed by atoms with van der Waals surface area (Å²) < 4.78 is 5.11. The van der Waals surface area contributed by atoms with Gasteiger partial charge >= 0.3 is 0 Å². The van der Waals surface area contributed by atoms with Crippen LogP contribution in [0, 0.1) is 0 Å². The Morgan fingerprint density at radius 1 is 1.23 bits per heavy atom. The zero-order valence-corrected chi connectivity index (χ0v) is 12.3. The molecule has 0 aliphatic rings. The van der Waals surface area contributed by atoms with Gasteiger partial charge in [0.15, 0.2) is 0 Å².